The molecule has 125 heavy (non-hydrogen) atoms. The van der Waals surface area contributed by atoms with E-state index in [1.54, 1.807) is 42.7 Å². The molecule has 0 spiro atoms. The number of ether oxygens (including phenoxy) is 9. The largest absolute Gasteiger partial charge is 0.474 e. The summed E-state index contributed by atoms with van der Waals surface area (Å²) in [7, 11) is 57.1. The van der Waals surface area contributed by atoms with Crippen LogP contribution in [0.4, 0.5) is 0 Å². The van der Waals surface area contributed by atoms with E-state index in [4.69, 9.17) is 110 Å². The number of methoxy groups -OCH3 is 3. The van der Waals surface area contributed by atoms with E-state index >= 15 is 0 Å². The van der Waals surface area contributed by atoms with Crippen molar-refractivity contribution in [3.63, 3.8) is 0 Å². The summed E-state index contributed by atoms with van der Waals surface area (Å²) in [6.07, 6.45) is -1.30. The van der Waals surface area contributed by atoms with Crippen LogP contribution in [0.5, 0.6) is 0 Å². The maximum atomic E-state index is 13.5. The highest BCUT2D eigenvalue weighted by Crippen LogP contribution is 2.63. The van der Waals surface area contributed by atoms with Gasteiger partial charge in [-0.05, 0) is 126 Å². The average molecular weight is 2370 g/mol. The number of hydrogen-bond acceptors (Lipinski definition) is 30. The molecule has 30 unspecified atom stereocenters. The Kier molecular flexibility index (Phi) is 128. The molecule has 6 saturated heterocycles. The Bertz CT molecular complexity index is 2370. The molecule has 0 aromatic carbocycles. The summed E-state index contributed by atoms with van der Waals surface area (Å²) in [4.78, 5) is 0. The minimum atomic E-state index is -4.06. The van der Waals surface area contributed by atoms with E-state index in [0.717, 1.165) is 6.42 Å². The van der Waals surface area contributed by atoms with Crippen molar-refractivity contribution < 1.29 is 124 Å². The predicted octanol–water partition coefficient (Wildman–Crippen LogP) is 27.4. The van der Waals surface area contributed by atoms with E-state index in [0.29, 0.717) is 45.3 Å². The Balaban J connectivity index is -0.000000150. The molecule has 6 rings (SSSR count). The zero-order valence-electron chi connectivity index (χ0n) is 80.0. The molecule has 0 aromatic rings. The van der Waals surface area contributed by atoms with Crippen molar-refractivity contribution in [3.8, 4) is 0 Å². The highest BCUT2D eigenvalue weighted by atomic mass is 32.7. The van der Waals surface area contributed by atoms with Gasteiger partial charge in [-0.3, -0.25) is 40.7 Å². The second-order valence-corrected chi connectivity index (χ2v) is 105. The van der Waals surface area contributed by atoms with Crippen LogP contribution in [0.3, 0.4) is 0 Å². The van der Waals surface area contributed by atoms with E-state index < -0.39 is 91.8 Å². The Morgan fingerprint density at radius 3 is 0.544 bits per heavy atom. The third kappa shape index (κ3) is 89.0. The van der Waals surface area contributed by atoms with Crippen molar-refractivity contribution in [1.29, 1.82) is 0 Å². The number of hydrogen-bond donors (Lipinski definition) is 0. The van der Waals surface area contributed by atoms with Crippen molar-refractivity contribution in [2.45, 2.75) is 288 Å². The molecule has 6 fully saturated rings. The molecule has 772 valence electrons. The molecule has 30 nitrogen and oxygen atoms in total. The lowest BCUT2D eigenvalue weighted by molar-refractivity contribution is -0.0459. The Morgan fingerprint density at radius 1 is 0.272 bits per heavy atom. The second kappa shape index (κ2) is 101. The minimum Gasteiger partial charge on any atom is -0.382 e. The first-order valence-electron chi connectivity index (χ1n) is 39.7. The zero-order chi connectivity index (χ0) is 98.3. The van der Waals surface area contributed by atoms with E-state index in [1.165, 1.54) is 21.3 Å². The Hall–Kier alpha value is 11.2. The lowest BCUT2D eigenvalue weighted by Gasteiger charge is -2.28. The Labute approximate surface area is 817 Å². The third-order valence-electron chi connectivity index (χ3n) is 14.1. The molecule has 0 N–H and O–H groups in total. The minimum absolute atomic E-state index is 0. The maximum absolute atomic E-state index is 13.5. The van der Waals surface area contributed by atoms with Gasteiger partial charge in [-0.25, -0.2) is 27.7 Å². The van der Waals surface area contributed by atoms with Gasteiger partial charge in [-0.15, -0.1) is 161 Å². The van der Waals surface area contributed by atoms with Crippen molar-refractivity contribution in [2.75, 3.05) is 146 Å². The predicted molar refractivity (Wildman–Crippen MR) is 621 cm³/mol. The van der Waals surface area contributed by atoms with Crippen LogP contribution in [0.25, 0.3) is 0 Å². The molecule has 0 aliphatic carbocycles. The van der Waals surface area contributed by atoms with Gasteiger partial charge < -0.3 is 69.8 Å². The van der Waals surface area contributed by atoms with E-state index in [-0.39, 0.29) is 150 Å². The molecule has 6 heterocycles. The van der Waals surface area contributed by atoms with Crippen LogP contribution in [0.15, 0.2) is 0 Å². The van der Waals surface area contributed by atoms with Crippen molar-refractivity contribution in [2.24, 2.45) is 0 Å². The van der Waals surface area contributed by atoms with Crippen LogP contribution >= 0.6 is 252 Å². The topological polar surface area (TPSA) is 282 Å². The number of rotatable bonds is 36. The fraction of sp³-hybridized carbons (Fsp3) is 1.00. The van der Waals surface area contributed by atoms with E-state index in [2.05, 4.69) is 168 Å². The molecule has 0 amide bonds. The lowest BCUT2D eigenvalue weighted by atomic mass is 10.1. The number of phosphoric ester groups is 3. The number of nitrogens with zero attached hydrogens (tertiary/aromatic N) is 3. The average Bonchev–Trinajstić information content (AvgIpc) is 1.71. The van der Waals surface area contributed by atoms with Crippen molar-refractivity contribution in [1.82, 2.24) is 14.0 Å². The molecule has 6 aliphatic rings. The quantitative estimate of drug-likeness (QED) is 0.0527. The molecule has 6 aliphatic heterocycles. The van der Waals surface area contributed by atoms with Gasteiger partial charge in [0.05, 0.1) is 94.6 Å². The summed E-state index contributed by atoms with van der Waals surface area (Å²) in [5.74, 6) is 0. The third-order valence-corrected chi connectivity index (χ3v) is 22.7. The summed E-state index contributed by atoms with van der Waals surface area (Å²) in [6, 6.07) is 0. The first kappa shape index (κ1) is 159. The first-order chi connectivity index (χ1) is 57.5. The summed E-state index contributed by atoms with van der Waals surface area (Å²) < 4.78 is 180. The fourth-order valence-electron chi connectivity index (χ4n) is 10.2. The van der Waals surface area contributed by atoms with Gasteiger partial charge in [0.25, 0.3) is 25.6 Å². The van der Waals surface area contributed by atoms with Gasteiger partial charge in [0.15, 0.2) is 0 Å². The Morgan fingerprint density at radius 2 is 0.408 bits per heavy atom. The molecule has 0 aromatic heterocycles. The smallest absolute Gasteiger partial charge is 0.382 e. The summed E-state index contributed by atoms with van der Waals surface area (Å²) >= 11 is 0. The molecule has 60 heteroatoms. The van der Waals surface area contributed by atoms with E-state index in [9.17, 15) is 13.7 Å². The van der Waals surface area contributed by atoms with Gasteiger partial charge in [-0.1, -0.05) is 97.9 Å². The highest BCUT2D eigenvalue weighted by molar-refractivity contribution is 8.67. The SMILES string of the molecule is C.C.CC.CC.CC.CC.CC.CC.COC[C@H]1O[C@@H](C)CC1OP(=O)(OC)OC[C@H]1O[C@@H](C)CC1OP(=O)(OC)OC[C@H]1O[C@@H](C)CC1OP(OC)N(C)C.COC[C@H]1O[C@@H](C)CC1OP(=O)(OC)OC[C@H]1O[C@@H](C)CC1OP(OC)N(C)C.COC[C@H]1O[C@@H](C)CC1OP(OC)N(C)C.PP(P)P.PP(P)P.PP(P)P.PP(P)P.PP(P)P.PP(P)P. The number of phosphoric acid groups is 3. The fourth-order valence-corrected chi connectivity index (χ4v) is 16.8. The van der Waals surface area contributed by atoms with Crippen LogP contribution in [0.1, 0.15) is 178 Å². The van der Waals surface area contributed by atoms with Gasteiger partial charge in [0.2, 0.25) is 0 Å². The molecule has 42 atom stereocenters. The van der Waals surface area contributed by atoms with Gasteiger partial charge >= 0.3 is 23.5 Å². The van der Waals surface area contributed by atoms with Crippen LogP contribution in [-0.2, 0) is 124 Å². The van der Waals surface area contributed by atoms with Crippen LogP contribution in [-0.4, -0.2) is 270 Å². The monoisotopic (exact) mass is 2370 g/mol. The lowest BCUT2D eigenvalue weighted by Crippen LogP contribution is -2.32. The molecular formula is C65H185N3O27P30. The zero-order valence-corrected chi connectivity index (χ0v) is 112. The van der Waals surface area contributed by atoms with E-state index in [1.807, 2.05) is 174 Å². The van der Waals surface area contributed by atoms with Crippen LogP contribution in [0.2, 0.25) is 0 Å². The summed E-state index contributed by atoms with van der Waals surface area (Å²) in [5, 5.41) is 0. The van der Waals surface area contributed by atoms with Gasteiger partial charge in [-0.2, -0.15) is 0 Å². The first-order valence-corrected chi connectivity index (χ1v) is 84.6. The van der Waals surface area contributed by atoms with Gasteiger partial charge in [0.1, 0.15) is 54.9 Å². The highest BCUT2D eigenvalue weighted by Gasteiger charge is 2.48. The summed E-state index contributed by atoms with van der Waals surface area (Å²) in [5.41, 5.74) is 0. The van der Waals surface area contributed by atoms with Crippen molar-refractivity contribution >= 4 is 252 Å². The molecule has 0 bridgehead atoms. The van der Waals surface area contributed by atoms with Crippen LogP contribution in [0, 0.1) is 0 Å². The molecule has 0 radical (unpaired) electrons. The maximum Gasteiger partial charge on any atom is 0.474 e. The summed E-state index contributed by atoms with van der Waals surface area (Å²) in [6.45, 7) is 37.2. The molecular weight excluding hydrogens is 2180 g/mol. The van der Waals surface area contributed by atoms with Crippen LogP contribution < -0.4 is 0 Å². The second-order valence-electron chi connectivity index (χ2n) is 24.8. The molecule has 0 saturated carbocycles. The standard InChI is InChI=1S/C24H48NO14P3.C17H35NO9P2.C10H22NO4P.6C2H6.2CH4.6H6P4/c1-16-10-19(37-40(29-7)25(4)5)23(35-16)14-32-41(26,30-8)39-21-12-18(3)36-24(21)15-33-42(27,31-9)38-20-11-17(2)34-22(20)13-28-6;1-12-8-14(26-28(21-6)18(3)4)17(25-12)11-23-29(19,22-7)27-15-9-13(2)24-16(15)10-20-5;1-8-6-9(10(14-8)7-12-4)15-16(13-5)11(2)3;6*1-2;;;6*1-4(2)3/h16-24H,10-15H2,1-9H3;12-17H,8-11H2,1-7H3;8-10H,6-7H2,1-5H3;6*1-2H3;2*1H4;6*1-3H2/t16-,17-,18-,19?,20?,21?,22+,23+,24+,40?,41?,42?;12-,13-,14?,15?,16+,17+,28?,29?;8-,9?,10+,16?;;;;;;;;;;;;;;/m000............../s1. The van der Waals surface area contributed by atoms with Gasteiger partial charge in [0, 0.05) is 103 Å². The van der Waals surface area contributed by atoms with Crippen molar-refractivity contribution in [3.05, 3.63) is 0 Å². The normalized spacial score (nSPS) is 27.0.